The molecule has 0 N–H and O–H groups in total. The average Bonchev–Trinajstić information content (AvgIpc) is 3.28. The van der Waals surface area contributed by atoms with Gasteiger partial charge in [-0.25, -0.2) is 9.59 Å². The molecule has 0 bridgehead atoms. The van der Waals surface area contributed by atoms with Crippen LogP contribution in [0, 0.1) is 18.3 Å². The van der Waals surface area contributed by atoms with Crippen LogP contribution in [0.5, 0.6) is 5.75 Å². The van der Waals surface area contributed by atoms with Gasteiger partial charge in [-0.2, -0.15) is 0 Å². The van der Waals surface area contributed by atoms with Crippen molar-refractivity contribution in [3.05, 3.63) is 53.6 Å². The first-order chi connectivity index (χ1) is 18.3. The average molecular weight is 521 g/mol. The minimum absolute atomic E-state index is 0.0708. The summed E-state index contributed by atoms with van der Waals surface area (Å²) in [7, 11) is 0. The van der Waals surface area contributed by atoms with Crippen LogP contribution in [0.2, 0.25) is 0 Å². The number of carbonyl (C=O) groups excluding carboxylic acids is 2. The number of rotatable bonds is 8. The molecule has 2 aromatic carbocycles. The molecule has 9 nitrogen and oxygen atoms in total. The van der Waals surface area contributed by atoms with Gasteiger partial charge in [0.05, 0.1) is 18.3 Å². The highest BCUT2D eigenvalue weighted by Crippen LogP contribution is 2.54. The first-order valence-corrected chi connectivity index (χ1v) is 13.5. The van der Waals surface area contributed by atoms with Crippen LogP contribution < -0.4 is 9.57 Å². The summed E-state index contributed by atoms with van der Waals surface area (Å²) in [5.74, 6) is 0.988. The lowest BCUT2D eigenvalue weighted by Gasteiger charge is -2.52. The van der Waals surface area contributed by atoms with Crippen molar-refractivity contribution < 1.29 is 23.9 Å². The van der Waals surface area contributed by atoms with Crippen LogP contribution in [-0.2, 0) is 4.74 Å². The van der Waals surface area contributed by atoms with Crippen LogP contribution in [-0.4, -0.2) is 57.9 Å². The molecule has 1 spiro atoms. The molecule has 0 atom stereocenters. The first kappa shape index (κ1) is 26.0. The van der Waals surface area contributed by atoms with Gasteiger partial charge in [-0.15, -0.1) is 5.10 Å². The van der Waals surface area contributed by atoms with Crippen molar-refractivity contribution in [3.8, 4) is 5.75 Å². The second-order valence-corrected chi connectivity index (χ2v) is 11.0. The number of benzene rings is 2. The molecule has 9 heteroatoms. The molecule has 38 heavy (non-hydrogen) atoms. The number of ether oxygens (including phenoxy) is 2. The summed E-state index contributed by atoms with van der Waals surface area (Å²) in [4.78, 5) is 33.3. The fourth-order valence-electron chi connectivity index (χ4n) is 5.78. The van der Waals surface area contributed by atoms with E-state index in [4.69, 9.17) is 14.3 Å². The highest BCUT2D eigenvalue weighted by molar-refractivity contribution is 5.91. The third-order valence-electron chi connectivity index (χ3n) is 7.80. The molecule has 3 aromatic rings. The van der Waals surface area contributed by atoms with Gasteiger partial charge in [-0.05, 0) is 112 Å². The van der Waals surface area contributed by atoms with E-state index in [1.165, 1.54) is 12.8 Å². The van der Waals surface area contributed by atoms with Crippen molar-refractivity contribution in [3.63, 3.8) is 0 Å². The third kappa shape index (κ3) is 5.76. The number of nitrogens with zero attached hydrogens (tertiary/aromatic N) is 4. The van der Waals surface area contributed by atoms with Crippen molar-refractivity contribution >= 4 is 23.1 Å². The fourth-order valence-corrected chi connectivity index (χ4v) is 5.78. The van der Waals surface area contributed by atoms with Gasteiger partial charge in [0.25, 0.3) is 0 Å². The van der Waals surface area contributed by atoms with E-state index in [9.17, 15) is 9.59 Å². The zero-order valence-electron chi connectivity index (χ0n) is 22.4. The molecule has 1 amide bonds. The van der Waals surface area contributed by atoms with Gasteiger partial charge in [-0.3, -0.25) is 0 Å². The van der Waals surface area contributed by atoms with Gasteiger partial charge in [0, 0.05) is 13.1 Å². The Bertz CT molecular complexity index is 1290. The van der Waals surface area contributed by atoms with E-state index in [0.29, 0.717) is 28.6 Å². The van der Waals surface area contributed by atoms with E-state index >= 15 is 0 Å². The maximum atomic E-state index is 12.7. The van der Waals surface area contributed by atoms with Crippen molar-refractivity contribution in [2.75, 3.05) is 19.7 Å². The number of para-hydroxylation sites is 1. The normalized spacial score (nSPS) is 17.0. The number of hydrogen-bond acceptors (Lipinski definition) is 7. The highest BCUT2D eigenvalue weighted by Gasteiger charge is 2.46. The molecule has 0 unspecified atom stereocenters. The lowest BCUT2D eigenvalue weighted by atomic mass is 9.56. The fraction of sp³-hybridized carbons (Fsp3) is 0.517. The lowest BCUT2D eigenvalue weighted by Crippen LogP contribution is -2.49. The Balaban J connectivity index is 1.02. The number of aromatic nitrogens is 3. The van der Waals surface area contributed by atoms with Crippen LogP contribution in [0.1, 0.15) is 68.3 Å². The van der Waals surface area contributed by atoms with Gasteiger partial charge < -0.3 is 19.2 Å². The quantitative estimate of drug-likeness (QED) is 0.297. The van der Waals surface area contributed by atoms with Crippen LogP contribution in [0.15, 0.2) is 42.5 Å². The number of piperidine rings is 1. The molecule has 1 aliphatic heterocycles. The largest absolute Gasteiger partial charge is 0.494 e. The molecule has 202 valence electrons. The van der Waals surface area contributed by atoms with Crippen molar-refractivity contribution in [2.45, 2.75) is 65.4 Å². The predicted molar refractivity (Wildman–Crippen MR) is 142 cm³/mol. The van der Waals surface area contributed by atoms with Crippen LogP contribution >= 0.6 is 0 Å². The summed E-state index contributed by atoms with van der Waals surface area (Å²) in [5.41, 5.74) is 2.95. The summed E-state index contributed by atoms with van der Waals surface area (Å²) >= 11 is 0. The maximum absolute atomic E-state index is 12.7. The Morgan fingerprint density at radius 1 is 1.11 bits per heavy atom. The van der Waals surface area contributed by atoms with Crippen LogP contribution in [0.4, 0.5) is 4.79 Å². The van der Waals surface area contributed by atoms with Crippen molar-refractivity contribution in [2.24, 2.45) is 11.3 Å². The topological polar surface area (TPSA) is 95.8 Å². The van der Waals surface area contributed by atoms with Gasteiger partial charge in [0.1, 0.15) is 16.8 Å². The molecule has 2 heterocycles. The molecule has 1 aromatic heterocycles. The van der Waals surface area contributed by atoms with E-state index in [2.05, 4.69) is 10.3 Å². The SMILES string of the molecule is Cc1cc(OCCCC2CC3(CCN(C(=O)OC(C)C)CC3)C2)ccc1C(=O)On1nnc2ccccc21. The van der Waals surface area contributed by atoms with Gasteiger partial charge in [0.2, 0.25) is 0 Å². The Labute approximate surface area is 223 Å². The van der Waals surface area contributed by atoms with E-state index in [1.54, 1.807) is 18.2 Å². The van der Waals surface area contributed by atoms with Crippen LogP contribution in [0.3, 0.4) is 0 Å². The van der Waals surface area contributed by atoms with Crippen molar-refractivity contribution in [1.29, 1.82) is 0 Å². The van der Waals surface area contributed by atoms with E-state index in [-0.39, 0.29) is 12.2 Å². The number of amides is 1. The second kappa shape index (κ2) is 11.0. The summed E-state index contributed by atoms with van der Waals surface area (Å²) in [5, 5.41) is 7.92. The minimum Gasteiger partial charge on any atom is -0.494 e. The number of carbonyl (C=O) groups is 2. The number of fused-ring (bicyclic) bond motifs is 1. The summed E-state index contributed by atoms with van der Waals surface area (Å²) in [6.45, 7) is 7.90. The van der Waals surface area contributed by atoms with Crippen LogP contribution in [0.25, 0.3) is 11.0 Å². The molecule has 1 aliphatic carbocycles. The molecule has 2 aliphatic rings. The van der Waals surface area contributed by atoms with Gasteiger partial charge >= 0.3 is 12.1 Å². The summed E-state index contributed by atoms with van der Waals surface area (Å²) in [6.07, 6.45) is 6.55. The van der Waals surface area contributed by atoms with Gasteiger partial charge in [-0.1, -0.05) is 17.0 Å². The molecular weight excluding hydrogens is 484 g/mol. The molecule has 0 radical (unpaired) electrons. The molecule has 2 fully saturated rings. The molecular formula is C29H36N4O5. The van der Waals surface area contributed by atoms with Gasteiger partial charge in [0.15, 0.2) is 0 Å². The number of likely N-dealkylation sites (tertiary alicyclic amines) is 1. The zero-order valence-corrected chi connectivity index (χ0v) is 22.4. The van der Waals surface area contributed by atoms with E-state index < -0.39 is 5.97 Å². The summed E-state index contributed by atoms with van der Waals surface area (Å²) in [6, 6.07) is 12.7. The van der Waals surface area contributed by atoms with Crippen molar-refractivity contribution in [1.82, 2.24) is 20.1 Å². The smallest absolute Gasteiger partial charge is 0.410 e. The molecule has 5 rings (SSSR count). The predicted octanol–water partition coefficient (Wildman–Crippen LogP) is 5.20. The minimum atomic E-state index is -0.494. The third-order valence-corrected chi connectivity index (χ3v) is 7.80. The standard InChI is InChI=1S/C29H36N4O5/c1-20(2)37-28(35)32-14-12-29(13-15-32)18-22(19-29)7-6-16-36-23-10-11-24(21(3)17-23)27(34)38-33-26-9-5-4-8-25(26)30-31-33/h4-5,8-11,17,20,22H,6-7,12-16,18-19H2,1-3H3. The van der Waals surface area contributed by atoms with E-state index in [0.717, 1.165) is 60.8 Å². The molecule has 1 saturated heterocycles. The number of aryl methyl sites for hydroxylation is 1. The molecule has 1 saturated carbocycles. The Morgan fingerprint density at radius 2 is 1.87 bits per heavy atom. The number of hydrogen-bond donors (Lipinski definition) is 0. The van der Waals surface area contributed by atoms with E-state index in [1.807, 2.05) is 49.9 Å². The second-order valence-electron chi connectivity index (χ2n) is 11.0. The Morgan fingerprint density at radius 3 is 2.61 bits per heavy atom. The zero-order chi connectivity index (χ0) is 26.7. The first-order valence-electron chi connectivity index (χ1n) is 13.5. The highest BCUT2D eigenvalue weighted by atomic mass is 16.7. The lowest BCUT2D eigenvalue weighted by molar-refractivity contribution is -0.0203. The summed E-state index contributed by atoms with van der Waals surface area (Å²) < 4.78 is 11.3. The monoisotopic (exact) mass is 520 g/mol. The Hall–Kier alpha value is -3.62. The Kier molecular flexibility index (Phi) is 7.53. The maximum Gasteiger partial charge on any atom is 0.410 e.